The number of methoxy groups -OCH3 is 1. The fourth-order valence-electron chi connectivity index (χ4n) is 2.05. The number of aromatic hydroxyl groups is 1. The van der Waals surface area contributed by atoms with E-state index in [0.717, 1.165) is 19.6 Å². The van der Waals surface area contributed by atoms with Gasteiger partial charge in [-0.15, -0.1) is 0 Å². The predicted octanol–water partition coefficient (Wildman–Crippen LogP) is 4.97. The molecular formula is C20H28O3. The number of benzene rings is 2. The van der Waals surface area contributed by atoms with Crippen LogP contribution >= 0.6 is 0 Å². The molecule has 3 nitrogen and oxygen atoms in total. The summed E-state index contributed by atoms with van der Waals surface area (Å²) in [4.78, 5) is 0. The van der Waals surface area contributed by atoms with Gasteiger partial charge in [-0.25, -0.2) is 0 Å². The fourth-order valence-corrected chi connectivity index (χ4v) is 2.05. The third kappa shape index (κ3) is 7.71. The minimum absolute atomic E-state index is 0.211. The van der Waals surface area contributed by atoms with Gasteiger partial charge < -0.3 is 14.6 Å². The molecule has 0 aromatic heterocycles. The SMILES string of the molecule is CCCCc1ccc(O)c(OC)c1.CCOCc1ccccc1. The Hall–Kier alpha value is -2.00. The van der Waals surface area contributed by atoms with Crippen molar-refractivity contribution in [1.82, 2.24) is 0 Å². The summed E-state index contributed by atoms with van der Waals surface area (Å²) in [5.74, 6) is 0.774. The standard InChI is InChI=1S/C11H16O2.C9H12O/c1-3-4-5-9-6-7-10(12)11(8-9)13-2;1-2-10-8-9-6-4-3-5-7-9/h6-8,12H,3-5H2,1-2H3;3-7H,2,8H2,1H3. The van der Waals surface area contributed by atoms with E-state index in [9.17, 15) is 5.11 Å². The smallest absolute Gasteiger partial charge is 0.160 e. The zero-order chi connectivity index (χ0) is 16.9. The van der Waals surface area contributed by atoms with Crippen LogP contribution < -0.4 is 4.74 Å². The highest BCUT2D eigenvalue weighted by Gasteiger charge is 2.01. The predicted molar refractivity (Wildman–Crippen MR) is 95.0 cm³/mol. The first-order chi connectivity index (χ1) is 11.2. The molecule has 0 radical (unpaired) electrons. The monoisotopic (exact) mass is 316 g/mol. The second-order valence-electron chi connectivity index (χ2n) is 5.23. The second kappa shape index (κ2) is 11.6. The van der Waals surface area contributed by atoms with Crippen molar-refractivity contribution in [3.05, 3.63) is 59.7 Å². The molecule has 0 atom stereocenters. The lowest BCUT2D eigenvalue weighted by Crippen LogP contribution is -1.90. The number of ether oxygens (including phenoxy) is 2. The van der Waals surface area contributed by atoms with Gasteiger partial charge in [0.2, 0.25) is 0 Å². The molecule has 2 aromatic rings. The van der Waals surface area contributed by atoms with Crippen molar-refractivity contribution in [1.29, 1.82) is 0 Å². The van der Waals surface area contributed by atoms with Gasteiger partial charge >= 0.3 is 0 Å². The molecule has 0 saturated carbocycles. The first-order valence-electron chi connectivity index (χ1n) is 8.18. The number of aryl methyl sites for hydroxylation is 1. The van der Waals surface area contributed by atoms with Crippen LogP contribution in [0.15, 0.2) is 48.5 Å². The van der Waals surface area contributed by atoms with Crippen LogP contribution in [0.1, 0.15) is 37.8 Å². The number of hydrogen-bond acceptors (Lipinski definition) is 3. The van der Waals surface area contributed by atoms with Crippen molar-refractivity contribution < 1.29 is 14.6 Å². The van der Waals surface area contributed by atoms with Crippen molar-refractivity contribution in [2.45, 2.75) is 39.7 Å². The quantitative estimate of drug-likeness (QED) is 0.784. The van der Waals surface area contributed by atoms with Crippen LogP contribution in [0.4, 0.5) is 0 Å². The molecule has 0 unspecified atom stereocenters. The highest BCUT2D eigenvalue weighted by molar-refractivity contribution is 5.41. The molecule has 126 valence electrons. The van der Waals surface area contributed by atoms with Crippen molar-refractivity contribution in [3.63, 3.8) is 0 Å². The van der Waals surface area contributed by atoms with Crippen LogP contribution in [-0.4, -0.2) is 18.8 Å². The van der Waals surface area contributed by atoms with E-state index in [1.54, 1.807) is 13.2 Å². The van der Waals surface area contributed by atoms with Gasteiger partial charge in [-0.2, -0.15) is 0 Å². The zero-order valence-corrected chi connectivity index (χ0v) is 14.4. The molecule has 0 aliphatic carbocycles. The molecule has 0 aliphatic heterocycles. The molecule has 0 bridgehead atoms. The van der Waals surface area contributed by atoms with E-state index in [2.05, 4.69) is 19.1 Å². The average molecular weight is 316 g/mol. The van der Waals surface area contributed by atoms with Crippen molar-refractivity contribution in [2.75, 3.05) is 13.7 Å². The van der Waals surface area contributed by atoms with Crippen molar-refractivity contribution in [3.8, 4) is 11.5 Å². The van der Waals surface area contributed by atoms with Crippen LogP contribution in [0.5, 0.6) is 11.5 Å². The van der Waals surface area contributed by atoms with E-state index < -0.39 is 0 Å². The van der Waals surface area contributed by atoms with Gasteiger partial charge in [0.25, 0.3) is 0 Å². The molecule has 1 N–H and O–H groups in total. The summed E-state index contributed by atoms with van der Waals surface area (Å²) >= 11 is 0. The summed E-state index contributed by atoms with van der Waals surface area (Å²) in [6, 6.07) is 15.7. The Morgan fingerprint density at radius 3 is 2.30 bits per heavy atom. The normalized spacial score (nSPS) is 9.87. The summed E-state index contributed by atoms with van der Waals surface area (Å²) in [7, 11) is 1.57. The number of phenols is 1. The van der Waals surface area contributed by atoms with E-state index >= 15 is 0 Å². The molecule has 0 heterocycles. The molecule has 0 spiro atoms. The molecule has 0 amide bonds. The second-order valence-corrected chi connectivity index (χ2v) is 5.23. The Morgan fingerprint density at radius 1 is 0.957 bits per heavy atom. The van der Waals surface area contributed by atoms with Crippen LogP contribution in [0.25, 0.3) is 0 Å². The minimum atomic E-state index is 0.211. The van der Waals surface area contributed by atoms with Crippen LogP contribution in [0, 0.1) is 0 Å². The van der Waals surface area contributed by atoms with Gasteiger partial charge in [0.1, 0.15) is 0 Å². The zero-order valence-electron chi connectivity index (χ0n) is 14.4. The van der Waals surface area contributed by atoms with Gasteiger partial charge in [0.05, 0.1) is 13.7 Å². The summed E-state index contributed by atoms with van der Waals surface area (Å²) < 4.78 is 10.2. The molecular weight excluding hydrogens is 288 g/mol. The Morgan fingerprint density at radius 2 is 1.70 bits per heavy atom. The Bertz CT molecular complexity index is 538. The van der Waals surface area contributed by atoms with E-state index in [-0.39, 0.29) is 5.75 Å². The van der Waals surface area contributed by atoms with E-state index in [0.29, 0.717) is 5.75 Å². The van der Waals surface area contributed by atoms with Gasteiger partial charge in [-0.3, -0.25) is 0 Å². The third-order valence-corrected chi connectivity index (χ3v) is 3.38. The number of phenolic OH excluding ortho intramolecular Hbond substituents is 1. The lowest BCUT2D eigenvalue weighted by atomic mass is 10.1. The number of hydrogen-bond donors (Lipinski definition) is 1. The van der Waals surface area contributed by atoms with Crippen molar-refractivity contribution in [2.24, 2.45) is 0 Å². The maximum Gasteiger partial charge on any atom is 0.160 e. The van der Waals surface area contributed by atoms with Crippen LogP contribution in [0.3, 0.4) is 0 Å². The van der Waals surface area contributed by atoms with Gasteiger partial charge in [-0.05, 0) is 43.0 Å². The summed E-state index contributed by atoms with van der Waals surface area (Å²) in [6.07, 6.45) is 3.41. The topological polar surface area (TPSA) is 38.7 Å². The highest BCUT2D eigenvalue weighted by Crippen LogP contribution is 2.26. The number of rotatable bonds is 7. The minimum Gasteiger partial charge on any atom is -0.504 e. The molecule has 23 heavy (non-hydrogen) atoms. The van der Waals surface area contributed by atoms with Crippen LogP contribution in [-0.2, 0) is 17.8 Å². The largest absolute Gasteiger partial charge is 0.504 e. The molecule has 2 aromatic carbocycles. The molecule has 0 aliphatic rings. The van der Waals surface area contributed by atoms with E-state index in [1.807, 2.05) is 37.3 Å². The summed E-state index contributed by atoms with van der Waals surface area (Å²) in [6.45, 7) is 5.69. The van der Waals surface area contributed by atoms with Gasteiger partial charge in [0, 0.05) is 6.61 Å². The molecule has 2 rings (SSSR count). The summed E-state index contributed by atoms with van der Waals surface area (Å²) in [5.41, 5.74) is 2.46. The first kappa shape index (κ1) is 19.0. The third-order valence-electron chi connectivity index (χ3n) is 3.38. The fraction of sp³-hybridized carbons (Fsp3) is 0.400. The average Bonchev–Trinajstić information content (AvgIpc) is 2.60. The number of unbranched alkanes of at least 4 members (excludes halogenated alkanes) is 1. The van der Waals surface area contributed by atoms with Crippen LogP contribution in [0.2, 0.25) is 0 Å². The van der Waals surface area contributed by atoms with Crippen molar-refractivity contribution >= 4 is 0 Å². The van der Waals surface area contributed by atoms with E-state index in [4.69, 9.17) is 9.47 Å². The first-order valence-corrected chi connectivity index (χ1v) is 8.18. The molecule has 0 saturated heterocycles. The Kier molecular flexibility index (Phi) is 9.57. The maximum absolute atomic E-state index is 9.34. The maximum atomic E-state index is 9.34. The summed E-state index contributed by atoms with van der Waals surface area (Å²) in [5, 5.41) is 9.34. The van der Waals surface area contributed by atoms with E-state index in [1.165, 1.54) is 24.0 Å². The lowest BCUT2D eigenvalue weighted by Gasteiger charge is -2.05. The highest BCUT2D eigenvalue weighted by atomic mass is 16.5. The Balaban J connectivity index is 0.000000238. The lowest BCUT2D eigenvalue weighted by molar-refractivity contribution is 0.134. The Labute approximate surface area is 139 Å². The van der Waals surface area contributed by atoms with Gasteiger partial charge in [0.15, 0.2) is 11.5 Å². The molecule has 0 fully saturated rings. The van der Waals surface area contributed by atoms with Gasteiger partial charge in [-0.1, -0.05) is 49.7 Å². The molecule has 3 heteroatoms.